The lowest BCUT2D eigenvalue weighted by Crippen LogP contribution is -2.25. The Morgan fingerprint density at radius 1 is 1.32 bits per heavy atom. The van der Waals surface area contributed by atoms with Gasteiger partial charge in [0.05, 0.1) is 19.1 Å². The molecule has 0 spiro atoms. The summed E-state index contributed by atoms with van der Waals surface area (Å²) in [6.07, 6.45) is 2.69. The maximum absolute atomic E-state index is 11.6. The van der Waals surface area contributed by atoms with Crippen molar-refractivity contribution in [2.24, 2.45) is 10.1 Å². The summed E-state index contributed by atoms with van der Waals surface area (Å²) in [5.74, 6) is -0.339. The first-order chi connectivity index (χ1) is 10.6. The second kappa shape index (κ2) is 7.41. The highest BCUT2D eigenvalue weighted by atomic mass is 32.2. The largest absolute Gasteiger partial charge is 0.497 e. The number of nitrogens with one attached hydrogen (secondary N) is 1. The van der Waals surface area contributed by atoms with Crippen molar-refractivity contribution in [2.75, 3.05) is 14.2 Å². The van der Waals surface area contributed by atoms with Crippen molar-refractivity contribution in [3.05, 3.63) is 40.8 Å². The van der Waals surface area contributed by atoms with Gasteiger partial charge in [-0.15, -0.1) is 5.10 Å². The van der Waals surface area contributed by atoms with Crippen LogP contribution in [0, 0.1) is 0 Å². The number of hydrazone groups is 1. The second-order valence-electron chi connectivity index (χ2n) is 4.00. The Bertz CT molecular complexity index is 665. The van der Waals surface area contributed by atoms with E-state index in [-0.39, 0.29) is 4.91 Å². The van der Waals surface area contributed by atoms with E-state index >= 15 is 0 Å². The maximum atomic E-state index is 11.6. The van der Waals surface area contributed by atoms with Crippen molar-refractivity contribution in [1.82, 2.24) is 5.43 Å². The summed E-state index contributed by atoms with van der Waals surface area (Å²) >= 11 is 0.986. The minimum Gasteiger partial charge on any atom is -0.497 e. The molecule has 114 valence electrons. The molecule has 0 unspecified atom stereocenters. The predicted octanol–water partition coefficient (Wildman–Crippen LogP) is 1.30. The summed E-state index contributed by atoms with van der Waals surface area (Å²) in [6.45, 7) is 0. The van der Waals surface area contributed by atoms with Crippen LogP contribution < -0.4 is 10.2 Å². The number of amidine groups is 1. The summed E-state index contributed by atoms with van der Waals surface area (Å²) in [7, 11) is 2.83. The first kappa shape index (κ1) is 15.8. The number of aliphatic imine (C=N–C) groups is 1. The lowest BCUT2D eigenvalue weighted by molar-refractivity contribution is -0.135. The van der Waals surface area contributed by atoms with Gasteiger partial charge in [0, 0.05) is 12.3 Å². The molecule has 0 aliphatic carbocycles. The normalized spacial score (nSPS) is 16.4. The number of hydrogen-bond donors (Lipinski definition) is 1. The number of carbonyl (C=O) groups excluding carboxylic acids is 2. The van der Waals surface area contributed by atoms with Gasteiger partial charge in [-0.25, -0.2) is 15.2 Å². The quantitative estimate of drug-likeness (QED) is 0.515. The van der Waals surface area contributed by atoms with E-state index in [0.29, 0.717) is 5.17 Å². The topological polar surface area (TPSA) is 89.3 Å². The zero-order chi connectivity index (χ0) is 15.9. The minimum absolute atomic E-state index is 0.170. The number of benzene rings is 1. The third kappa shape index (κ3) is 4.19. The molecule has 1 aromatic rings. The van der Waals surface area contributed by atoms with Gasteiger partial charge in [0.15, 0.2) is 0 Å². The van der Waals surface area contributed by atoms with Crippen molar-refractivity contribution in [1.29, 1.82) is 0 Å². The second-order valence-corrected chi connectivity index (χ2v) is 5.01. The molecular formula is C14H13N3O4S. The Balaban J connectivity index is 2.09. The number of esters is 1. The van der Waals surface area contributed by atoms with E-state index in [0.717, 1.165) is 29.2 Å². The highest BCUT2D eigenvalue weighted by Gasteiger charge is 2.19. The zero-order valence-electron chi connectivity index (χ0n) is 11.9. The Morgan fingerprint density at radius 2 is 2.05 bits per heavy atom. The third-order valence-corrected chi connectivity index (χ3v) is 3.47. The molecule has 1 aliphatic rings. The number of methoxy groups -OCH3 is 2. The fourth-order valence-corrected chi connectivity index (χ4v) is 2.14. The van der Waals surface area contributed by atoms with Crippen LogP contribution in [0.1, 0.15) is 5.56 Å². The van der Waals surface area contributed by atoms with E-state index in [9.17, 15) is 9.59 Å². The van der Waals surface area contributed by atoms with Crippen molar-refractivity contribution in [2.45, 2.75) is 0 Å². The summed E-state index contributed by atoms with van der Waals surface area (Å²) in [4.78, 5) is 27.1. The van der Waals surface area contributed by atoms with Gasteiger partial charge in [-0.3, -0.25) is 4.79 Å². The number of carbonyl (C=O) groups is 2. The van der Waals surface area contributed by atoms with Gasteiger partial charge in [0.25, 0.3) is 5.91 Å². The van der Waals surface area contributed by atoms with Crippen molar-refractivity contribution >= 4 is 35.0 Å². The Hall–Kier alpha value is -2.61. The molecule has 0 aromatic heterocycles. The average Bonchev–Trinajstić information content (AvgIpc) is 2.55. The van der Waals surface area contributed by atoms with Gasteiger partial charge in [-0.05, 0) is 41.6 Å². The van der Waals surface area contributed by atoms with Crippen LogP contribution in [0.2, 0.25) is 0 Å². The third-order valence-electron chi connectivity index (χ3n) is 2.57. The number of hydrogen-bond acceptors (Lipinski definition) is 7. The van der Waals surface area contributed by atoms with E-state index in [4.69, 9.17) is 4.74 Å². The van der Waals surface area contributed by atoms with Crippen LogP contribution in [-0.2, 0) is 14.3 Å². The SMILES string of the molecule is COC(=O)/C=C1/SC(/N=C/c2ccc(OC)cc2)=NNC1=O. The summed E-state index contributed by atoms with van der Waals surface area (Å²) in [6, 6.07) is 7.28. The molecule has 1 aliphatic heterocycles. The highest BCUT2D eigenvalue weighted by Crippen LogP contribution is 2.22. The fraction of sp³-hybridized carbons (Fsp3) is 0.143. The molecule has 0 bridgehead atoms. The van der Waals surface area contributed by atoms with Gasteiger partial charge in [0.1, 0.15) is 5.75 Å². The minimum atomic E-state index is -0.613. The molecule has 0 saturated heterocycles. The smallest absolute Gasteiger partial charge is 0.331 e. The maximum Gasteiger partial charge on any atom is 0.331 e. The number of amides is 1. The van der Waals surface area contributed by atoms with Gasteiger partial charge < -0.3 is 9.47 Å². The van der Waals surface area contributed by atoms with Gasteiger partial charge >= 0.3 is 5.97 Å². The monoisotopic (exact) mass is 319 g/mol. The van der Waals surface area contributed by atoms with Crippen molar-refractivity contribution < 1.29 is 19.1 Å². The van der Waals surface area contributed by atoms with E-state index in [1.165, 1.54) is 7.11 Å². The number of nitrogens with zero attached hydrogens (tertiary/aromatic N) is 2. The molecule has 0 atom stereocenters. The van der Waals surface area contributed by atoms with Crippen LogP contribution in [0.25, 0.3) is 0 Å². The molecule has 1 amide bonds. The Labute approximate surface area is 131 Å². The Morgan fingerprint density at radius 3 is 2.68 bits per heavy atom. The molecular weight excluding hydrogens is 306 g/mol. The zero-order valence-corrected chi connectivity index (χ0v) is 12.7. The van der Waals surface area contributed by atoms with Gasteiger partial charge in [-0.2, -0.15) is 0 Å². The summed E-state index contributed by atoms with van der Waals surface area (Å²) < 4.78 is 9.55. The first-order valence-electron chi connectivity index (χ1n) is 6.16. The molecule has 0 saturated carbocycles. The van der Waals surface area contributed by atoms with Crippen LogP contribution in [0.4, 0.5) is 0 Å². The van der Waals surface area contributed by atoms with E-state index < -0.39 is 11.9 Å². The number of rotatable bonds is 3. The standard InChI is InChI=1S/C14H13N3O4S/c1-20-10-5-3-9(4-6-10)8-15-14-17-16-13(19)11(22-14)7-12(18)21-2/h3-8H,1-2H3,(H,16,19)/b11-7+,15-8+. The number of thioether (sulfide) groups is 1. The predicted molar refractivity (Wildman–Crippen MR) is 83.9 cm³/mol. The number of ether oxygens (including phenoxy) is 2. The first-order valence-corrected chi connectivity index (χ1v) is 6.97. The molecule has 0 radical (unpaired) electrons. The molecule has 1 N–H and O–H groups in total. The fourth-order valence-electron chi connectivity index (χ4n) is 1.46. The lowest BCUT2D eigenvalue weighted by Gasteiger charge is -2.10. The molecule has 0 fully saturated rings. The molecule has 1 heterocycles. The van der Waals surface area contributed by atoms with Crippen molar-refractivity contribution in [3.8, 4) is 5.75 Å². The van der Waals surface area contributed by atoms with E-state index in [1.54, 1.807) is 13.3 Å². The van der Waals surface area contributed by atoms with Crippen molar-refractivity contribution in [3.63, 3.8) is 0 Å². The van der Waals surface area contributed by atoms with Gasteiger partial charge in [0.2, 0.25) is 5.17 Å². The summed E-state index contributed by atoms with van der Waals surface area (Å²) in [5, 5.41) is 4.12. The van der Waals surface area contributed by atoms with Crippen LogP contribution >= 0.6 is 11.8 Å². The van der Waals surface area contributed by atoms with Gasteiger partial charge in [-0.1, -0.05) is 0 Å². The molecule has 2 rings (SSSR count). The molecule has 22 heavy (non-hydrogen) atoms. The van der Waals surface area contributed by atoms with E-state index in [1.807, 2.05) is 24.3 Å². The van der Waals surface area contributed by atoms with Crippen LogP contribution in [0.15, 0.2) is 45.3 Å². The lowest BCUT2D eigenvalue weighted by atomic mass is 10.2. The molecule has 8 heteroatoms. The van der Waals surface area contributed by atoms with E-state index in [2.05, 4.69) is 20.3 Å². The summed E-state index contributed by atoms with van der Waals surface area (Å²) in [5.41, 5.74) is 3.13. The van der Waals surface area contributed by atoms with Crippen LogP contribution in [-0.4, -0.2) is 37.5 Å². The Kier molecular flexibility index (Phi) is 5.31. The highest BCUT2D eigenvalue weighted by molar-refractivity contribution is 8.18. The average molecular weight is 319 g/mol. The molecule has 7 nitrogen and oxygen atoms in total. The van der Waals surface area contributed by atoms with Crippen LogP contribution in [0.5, 0.6) is 5.75 Å². The molecule has 1 aromatic carbocycles. The van der Waals surface area contributed by atoms with Crippen LogP contribution in [0.3, 0.4) is 0 Å².